The number of aromatic amines is 1. The van der Waals surface area contributed by atoms with E-state index in [1.54, 1.807) is 6.07 Å². The molecule has 1 heterocycles. The summed E-state index contributed by atoms with van der Waals surface area (Å²) in [5.74, 6) is -1.24. The highest BCUT2D eigenvalue weighted by atomic mass is 35.5. The van der Waals surface area contributed by atoms with Crippen LogP contribution in [0.4, 0.5) is 0 Å². The number of imidazole rings is 1. The van der Waals surface area contributed by atoms with Crippen LogP contribution in [0.25, 0.3) is 33.3 Å². The molecule has 0 amide bonds. The number of fused-ring (bicyclic) bond motifs is 1. The van der Waals surface area contributed by atoms with Gasteiger partial charge in [0, 0.05) is 11.6 Å². The van der Waals surface area contributed by atoms with E-state index in [0.29, 0.717) is 16.1 Å². The van der Waals surface area contributed by atoms with Gasteiger partial charge in [0.1, 0.15) is 11.5 Å². The normalized spacial score (nSPS) is 10.9. The predicted octanol–water partition coefficient (Wildman–Crippen LogP) is 6.75. The molecule has 5 aromatic rings. The van der Waals surface area contributed by atoms with Gasteiger partial charge in [-0.1, -0.05) is 66.2 Å². The second-order valence-corrected chi connectivity index (χ2v) is 7.86. The van der Waals surface area contributed by atoms with Crippen LogP contribution in [0.3, 0.4) is 0 Å². The van der Waals surface area contributed by atoms with Gasteiger partial charge in [0.2, 0.25) is 0 Å². The number of aromatic nitrogens is 2. The second kappa shape index (κ2) is 8.33. The molecule has 0 aliphatic carbocycles. The van der Waals surface area contributed by atoms with Crippen LogP contribution < -0.4 is 4.74 Å². The number of aromatic hydroxyl groups is 1. The third kappa shape index (κ3) is 4.24. The summed E-state index contributed by atoms with van der Waals surface area (Å²) < 4.78 is 5.65. The van der Waals surface area contributed by atoms with E-state index in [-0.39, 0.29) is 23.1 Å². The molecule has 162 valence electrons. The molecule has 3 N–H and O–H groups in total. The summed E-state index contributed by atoms with van der Waals surface area (Å²) in [5, 5.41) is 19.5. The zero-order chi connectivity index (χ0) is 22.9. The maximum absolute atomic E-state index is 11.2. The molecule has 0 radical (unpaired) electrons. The average Bonchev–Trinajstić information content (AvgIpc) is 3.19. The van der Waals surface area contributed by atoms with Crippen LogP contribution in [0.1, 0.15) is 10.4 Å². The number of aromatic carboxylic acids is 1. The van der Waals surface area contributed by atoms with Gasteiger partial charge in [0.05, 0.1) is 21.6 Å². The number of halogens is 1. The van der Waals surface area contributed by atoms with Gasteiger partial charge in [-0.15, -0.1) is 0 Å². The Morgan fingerprint density at radius 1 is 0.879 bits per heavy atom. The fraction of sp³-hybridized carbons (Fsp3) is 0. The summed E-state index contributed by atoms with van der Waals surface area (Å²) in [5.41, 5.74) is 5.23. The molecule has 7 heteroatoms. The Morgan fingerprint density at radius 2 is 1.58 bits per heavy atom. The largest absolute Gasteiger partial charge is 0.508 e. The smallest absolute Gasteiger partial charge is 0.335 e. The van der Waals surface area contributed by atoms with Crippen molar-refractivity contribution in [3.8, 4) is 39.8 Å². The Hall–Kier alpha value is -4.29. The van der Waals surface area contributed by atoms with Crippen LogP contribution in [0, 0.1) is 0 Å². The number of benzene rings is 4. The molecule has 4 aromatic carbocycles. The van der Waals surface area contributed by atoms with E-state index in [2.05, 4.69) is 22.1 Å². The molecule has 5 rings (SSSR count). The quantitative estimate of drug-likeness (QED) is 0.272. The molecule has 0 spiro atoms. The topological polar surface area (TPSA) is 95.4 Å². The van der Waals surface area contributed by atoms with E-state index in [9.17, 15) is 9.90 Å². The van der Waals surface area contributed by atoms with Crippen LogP contribution in [0.5, 0.6) is 17.5 Å². The maximum atomic E-state index is 11.2. The van der Waals surface area contributed by atoms with Crippen molar-refractivity contribution in [1.82, 2.24) is 9.97 Å². The summed E-state index contributed by atoms with van der Waals surface area (Å²) >= 11 is 6.55. The Morgan fingerprint density at radius 3 is 2.30 bits per heavy atom. The number of nitrogens with zero attached hydrogens (tertiary/aromatic N) is 1. The molecule has 0 unspecified atom stereocenters. The summed E-state index contributed by atoms with van der Waals surface area (Å²) in [6.07, 6.45) is 0. The van der Waals surface area contributed by atoms with Crippen molar-refractivity contribution in [2.45, 2.75) is 0 Å². The average molecular weight is 457 g/mol. The first-order chi connectivity index (χ1) is 16.0. The van der Waals surface area contributed by atoms with E-state index in [1.165, 1.54) is 12.1 Å². The maximum Gasteiger partial charge on any atom is 0.335 e. The number of hydrogen-bond acceptors (Lipinski definition) is 4. The van der Waals surface area contributed by atoms with Crippen molar-refractivity contribution in [3.05, 3.63) is 95.5 Å². The Bertz CT molecular complexity index is 1480. The molecule has 1 aromatic heterocycles. The first-order valence-corrected chi connectivity index (χ1v) is 10.4. The number of H-pyrrole nitrogens is 1. The highest BCUT2D eigenvalue weighted by Gasteiger charge is 2.13. The van der Waals surface area contributed by atoms with Crippen molar-refractivity contribution >= 4 is 28.6 Å². The Balaban J connectivity index is 1.46. The number of rotatable bonds is 5. The van der Waals surface area contributed by atoms with Crippen molar-refractivity contribution in [1.29, 1.82) is 0 Å². The van der Waals surface area contributed by atoms with Gasteiger partial charge in [-0.2, -0.15) is 4.98 Å². The Kier molecular flexibility index (Phi) is 5.20. The van der Waals surface area contributed by atoms with Gasteiger partial charge < -0.3 is 19.9 Å². The zero-order valence-corrected chi connectivity index (χ0v) is 17.9. The third-order valence-electron chi connectivity index (χ3n) is 5.20. The van der Waals surface area contributed by atoms with Gasteiger partial charge in [-0.25, -0.2) is 4.79 Å². The second-order valence-electron chi connectivity index (χ2n) is 7.46. The summed E-state index contributed by atoms with van der Waals surface area (Å²) in [4.78, 5) is 18.7. The molecule has 33 heavy (non-hydrogen) atoms. The lowest BCUT2D eigenvalue weighted by molar-refractivity contribution is 0.0696. The number of hydrogen-bond donors (Lipinski definition) is 3. The van der Waals surface area contributed by atoms with E-state index in [4.69, 9.17) is 21.4 Å². The van der Waals surface area contributed by atoms with E-state index in [0.717, 1.165) is 28.3 Å². The highest BCUT2D eigenvalue weighted by Crippen LogP contribution is 2.34. The Labute approximate surface area is 193 Å². The van der Waals surface area contributed by atoms with Crippen LogP contribution in [-0.2, 0) is 0 Å². The van der Waals surface area contributed by atoms with Crippen LogP contribution >= 0.6 is 11.6 Å². The van der Waals surface area contributed by atoms with Gasteiger partial charge in [0.15, 0.2) is 0 Å². The minimum Gasteiger partial charge on any atom is -0.508 e. The number of carbonyl (C=O) groups is 1. The third-order valence-corrected chi connectivity index (χ3v) is 5.52. The number of phenolic OH excluding ortho intramolecular Hbond substituents is 1. The molecule has 0 atom stereocenters. The van der Waals surface area contributed by atoms with Crippen LogP contribution in [0.15, 0.2) is 84.9 Å². The summed E-state index contributed by atoms with van der Waals surface area (Å²) in [7, 11) is 0. The van der Waals surface area contributed by atoms with Crippen molar-refractivity contribution in [2.75, 3.05) is 0 Å². The zero-order valence-electron chi connectivity index (χ0n) is 17.1. The predicted molar refractivity (Wildman–Crippen MR) is 127 cm³/mol. The van der Waals surface area contributed by atoms with Crippen molar-refractivity contribution in [3.63, 3.8) is 0 Å². The molecular formula is C26H17ClN2O4. The van der Waals surface area contributed by atoms with E-state index in [1.807, 2.05) is 48.5 Å². The lowest BCUT2D eigenvalue weighted by Crippen LogP contribution is -1.96. The molecule has 6 nitrogen and oxygen atoms in total. The molecule has 0 aliphatic heterocycles. The lowest BCUT2D eigenvalue weighted by Gasteiger charge is -2.07. The summed E-state index contributed by atoms with van der Waals surface area (Å²) in [6.45, 7) is 0. The molecule has 0 saturated heterocycles. The van der Waals surface area contributed by atoms with Crippen molar-refractivity contribution in [2.24, 2.45) is 0 Å². The number of ether oxygens (including phenoxy) is 1. The molecule has 0 bridgehead atoms. The minimum atomic E-state index is -1.17. The fourth-order valence-corrected chi connectivity index (χ4v) is 3.90. The minimum absolute atomic E-state index is 0.0922. The highest BCUT2D eigenvalue weighted by molar-refractivity contribution is 6.34. The molecular weight excluding hydrogens is 440 g/mol. The van der Waals surface area contributed by atoms with Crippen LogP contribution in [0.2, 0.25) is 5.02 Å². The number of phenols is 1. The van der Waals surface area contributed by atoms with Gasteiger partial charge in [-0.3, -0.25) is 0 Å². The fourth-order valence-electron chi connectivity index (χ4n) is 3.63. The summed E-state index contributed by atoms with van der Waals surface area (Å²) in [6, 6.07) is 25.8. The van der Waals surface area contributed by atoms with E-state index < -0.39 is 5.97 Å². The van der Waals surface area contributed by atoms with E-state index >= 15 is 0 Å². The monoisotopic (exact) mass is 456 g/mol. The van der Waals surface area contributed by atoms with Crippen molar-refractivity contribution < 1.29 is 19.7 Å². The molecule has 0 saturated carbocycles. The number of carboxylic acid groups (broad SMARTS) is 1. The van der Waals surface area contributed by atoms with Gasteiger partial charge in [-0.05, 0) is 41.0 Å². The SMILES string of the molecule is O=C(O)c1cc(O)cc(Oc2nc3cc(-c4ccc(-c5ccccc5)cc4)c(Cl)cc3[nH]2)c1. The molecule has 0 fully saturated rings. The molecule has 0 aliphatic rings. The lowest BCUT2D eigenvalue weighted by atomic mass is 10.00. The number of nitrogens with one attached hydrogen (secondary N) is 1. The first kappa shape index (κ1) is 20.6. The number of carboxylic acids is 1. The van der Waals surface area contributed by atoms with Crippen LogP contribution in [-0.4, -0.2) is 26.2 Å². The standard InChI is InChI=1S/C26H17ClN2O4/c27-22-14-24-23(28-26(29-24)33-20-11-18(25(31)32)10-19(30)12-20)13-21(22)17-8-6-16(7-9-17)15-4-2-1-3-5-15/h1-14,30H,(H,28,29)(H,31,32). The van der Waals surface area contributed by atoms with Gasteiger partial charge >= 0.3 is 5.97 Å². The first-order valence-electron chi connectivity index (χ1n) is 10.1. The van der Waals surface area contributed by atoms with Gasteiger partial charge in [0.25, 0.3) is 6.01 Å².